The molecule has 30 nitrogen and oxygen atoms in total. The van der Waals surface area contributed by atoms with Crippen LogP contribution >= 0.6 is 0 Å². The molecule has 5 heterocycles. The molecular formula is C103H131F10N15O15. The van der Waals surface area contributed by atoms with Crippen LogP contribution in [-0.4, -0.2) is 150 Å². The monoisotopic (exact) mass is 2010 g/mol. The average molecular weight is 2010 g/mol. The summed E-state index contributed by atoms with van der Waals surface area (Å²) < 4.78 is 134. The zero-order valence-electron chi connectivity index (χ0n) is 81.3. The van der Waals surface area contributed by atoms with Gasteiger partial charge in [0.05, 0.1) is 32.7 Å². The summed E-state index contributed by atoms with van der Waals surface area (Å²) in [7, 11) is 0. The number of amides is 20. The molecule has 6 aliphatic carbocycles. The van der Waals surface area contributed by atoms with Gasteiger partial charge in [-0.1, -0.05) is 177 Å². The van der Waals surface area contributed by atoms with Gasteiger partial charge in [0.1, 0.15) is 27.7 Å². The summed E-state index contributed by atoms with van der Waals surface area (Å²) in [5.41, 5.74) is -2.57. The van der Waals surface area contributed by atoms with E-state index >= 15 is 0 Å². The van der Waals surface area contributed by atoms with E-state index in [1.54, 1.807) is 81.4 Å². The van der Waals surface area contributed by atoms with Crippen LogP contribution in [0.15, 0.2) is 121 Å². The molecule has 5 aromatic carbocycles. The van der Waals surface area contributed by atoms with E-state index in [0.717, 1.165) is 146 Å². The van der Waals surface area contributed by atoms with Gasteiger partial charge in [-0.15, -0.1) is 0 Å². The van der Waals surface area contributed by atoms with Crippen molar-refractivity contribution in [2.75, 3.05) is 32.7 Å². The maximum Gasteiger partial charge on any atom is 0.322 e. The lowest BCUT2D eigenvalue weighted by Crippen LogP contribution is -2.58. The lowest BCUT2D eigenvalue weighted by molar-refractivity contribution is -0.131. The van der Waals surface area contributed by atoms with Gasteiger partial charge in [-0.2, -0.15) is 0 Å². The van der Waals surface area contributed by atoms with Gasteiger partial charge in [-0.3, -0.25) is 74.5 Å². The third-order valence-electron chi connectivity index (χ3n) is 28.5. The Bertz CT molecular complexity index is 5410. The lowest BCUT2D eigenvalue weighted by Gasteiger charge is -2.29. The molecule has 40 heteroatoms. The number of imide groups is 5. The molecule has 778 valence electrons. The van der Waals surface area contributed by atoms with Gasteiger partial charge in [-0.05, 0) is 185 Å². The number of rotatable bonds is 39. The molecule has 0 bridgehead atoms. The molecule has 6 saturated carbocycles. The molecule has 9 atom stereocenters. The van der Waals surface area contributed by atoms with E-state index in [4.69, 9.17) is 0 Å². The molecule has 5 aliphatic heterocycles. The SMILES string of the molecule is C.CC(C)(Cc1ccc(C(C)(F)F)cc1)C(=O)NC[C@@]1(C2CC2)NC(=O)NC1=O.CC(C)[C@H](Cc1ccc(C(C)(F)F)cc1)C(=O)NC[C@@]1(C2CC2)NC(=O)NC1=O.CC(F)(F)c1ccc(C[C@H](C(=O)NC[C@@]2(C3CC3)NC(=O)NC2=O)C2CC2)cc1.CCC[C@H](Cc1ccc(C(C)(F)F)cc1)C(=O)NC[C@@]1(C2CC2)NC(=O)NC1=O.C[C@H](Cc1ccc(C(C)(F)F)cc1)C(=O)NC[C@@]1(C2CC2)NC(=O)NC1=O. The van der Waals surface area contributed by atoms with Gasteiger partial charge in [0, 0.05) is 91.5 Å². The molecule has 15 N–H and O–H groups in total. The second-order valence-electron chi connectivity index (χ2n) is 41.3. The first-order valence-corrected chi connectivity index (χ1v) is 48.4. The van der Waals surface area contributed by atoms with E-state index in [0.29, 0.717) is 38.5 Å². The van der Waals surface area contributed by atoms with E-state index in [-0.39, 0.29) is 163 Å². The van der Waals surface area contributed by atoms with Gasteiger partial charge in [0.2, 0.25) is 29.5 Å². The van der Waals surface area contributed by atoms with Gasteiger partial charge >= 0.3 is 30.2 Å². The Balaban J connectivity index is 0.000000170. The predicted octanol–water partition coefficient (Wildman–Crippen LogP) is 13.2. The number of alkyl halides is 10. The molecule has 5 aromatic rings. The summed E-state index contributed by atoms with van der Waals surface area (Å²) in [5, 5.41) is 38.8. The van der Waals surface area contributed by atoms with Crippen molar-refractivity contribution in [1.82, 2.24) is 79.8 Å². The minimum atomic E-state index is -2.91. The molecule has 0 unspecified atom stereocenters. The van der Waals surface area contributed by atoms with E-state index < -0.39 is 122 Å². The highest BCUT2D eigenvalue weighted by Crippen LogP contribution is 2.47. The van der Waals surface area contributed by atoms with Crippen LogP contribution in [0.2, 0.25) is 0 Å². The number of hydrogen-bond acceptors (Lipinski definition) is 15. The fourth-order valence-electron chi connectivity index (χ4n) is 18.9. The first-order valence-electron chi connectivity index (χ1n) is 48.4. The van der Waals surface area contributed by atoms with Crippen molar-refractivity contribution in [3.8, 4) is 0 Å². The van der Waals surface area contributed by atoms with E-state index in [1.165, 1.54) is 60.7 Å². The van der Waals surface area contributed by atoms with Crippen LogP contribution in [0.5, 0.6) is 0 Å². The number of carbonyl (C=O) groups excluding carboxylic acids is 15. The van der Waals surface area contributed by atoms with Crippen LogP contribution in [0, 0.1) is 70.5 Å². The van der Waals surface area contributed by atoms with Crippen molar-refractivity contribution < 1.29 is 116 Å². The smallest absolute Gasteiger partial charge is 0.322 e. The van der Waals surface area contributed by atoms with E-state index in [2.05, 4.69) is 79.8 Å². The minimum absolute atomic E-state index is 0. The largest absolute Gasteiger partial charge is 0.353 e. The Morgan fingerprint density at radius 3 is 0.839 bits per heavy atom. The fraction of sp³-hybridized carbons (Fsp3) is 0.563. The number of urea groups is 5. The quantitative estimate of drug-likeness (QED) is 0.0128. The highest BCUT2D eigenvalue weighted by molar-refractivity contribution is 6.11. The maximum absolute atomic E-state index is 13.4. The number of halogens is 10. The summed E-state index contributed by atoms with van der Waals surface area (Å²) in [6, 6.07) is 27.2. The molecule has 0 spiro atoms. The lowest BCUT2D eigenvalue weighted by atomic mass is 9.84. The maximum atomic E-state index is 13.4. The normalized spacial score (nSPS) is 23.3. The van der Waals surface area contributed by atoms with Crippen molar-refractivity contribution in [3.63, 3.8) is 0 Å². The number of nitrogens with one attached hydrogen (secondary N) is 15. The number of carbonyl (C=O) groups is 15. The second-order valence-corrected chi connectivity index (χ2v) is 41.3. The first-order chi connectivity index (χ1) is 66.4. The third kappa shape index (κ3) is 27.9. The molecule has 11 fully saturated rings. The molecule has 16 rings (SSSR count). The average Bonchev–Trinajstić information content (AvgIpc) is 1.62. The molecule has 0 aromatic heterocycles. The van der Waals surface area contributed by atoms with E-state index in [9.17, 15) is 116 Å². The zero-order chi connectivity index (χ0) is 104. The van der Waals surface area contributed by atoms with E-state index in [1.807, 2.05) is 20.8 Å². The van der Waals surface area contributed by atoms with Crippen LogP contribution in [0.4, 0.5) is 67.9 Å². The van der Waals surface area contributed by atoms with Crippen LogP contribution < -0.4 is 79.8 Å². The van der Waals surface area contributed by atoms with Crippen molar-refractivity contribution >= 4 is 89.2 Å². The molecular weight excluding hydrogens is 1880 g/mol. The predicted molar refractivity (Wildman–Crippen MR) is 507 cm³/mol. The Morgan fingerprint density at radius 1 is 0.329 bits per heavy atom. The Morgan fingerprint density at radius 2 is 0.580 bits per heavy atom. The number of benzene rings is 5. The van der Waals surface area contributed by atoms with Gasteiger partial charge in [0.15, 0.2) is 0 Å². The van der Waals surface area contributed by atoms with Crippen molar-refractivity contribution in [2.24, 2.45) is 70.5 Å². The first kappa shape index (κ1) is 111. The third-order valence-corrected chi connectivity index (χ3v) is 28.5. The van der Waals surface area contributed by atoms with Crippen LogP contribution in [0.1, 0.15) is 229 Å². The van der Waals surface area contributed by atoms with Crippen LogP contribution in [0.3, 0.4) is 0 Å². The van der Waals surface area contributed by atoms with Crippen molar-refractivity contribution in [2.45, 2.75) is 263 Å². The zero-order valence-corrected chi connectivity index (χ0v) is 81.3. The molecule has 11 aliphatic rings. The highest BCUT2D eigenvalue weighted by atomic mass is 19.3. The Kier molecular flexibility index (Phi) is 34.1. The topological polar surface area (TPSA) is 436 Å². The summed E-state index contributed by atoms with van der Waals surface area (Å²) in [6.45, 7) is 15.5. The summed E-state index contributed by atoms with van der Waals surface area (Å²) in [6.07, 6.45) is 13.6. The molecule has 0 radical (unpaired) electrons. The number of hydrogen-bond donors (Lipinski definition) is 15. The second kappa shape index (κ2) is 43.9. The van der Waals surface area contributed by atoms with Crippen LogP contribution in [-0.2, 0) is 110 Å². The van der Waals surface area contributed by atoms with Crippen molar-refractivity contribution in [3.05, 3.63) is 177 Å². The highest BCUT2D eigenvalue weighted by Gasteiger charge is 2.61. The molecule has 20 amide bonds. The Hall–Kier alpha value is -12.6. The Labute approximate surface area is 824 Å². The summed E-state index contributed by atoms with van der Waals surface area (Å²) in [5.74, 6) is -18.6. The van der Waals surface area contributed by atoms with Gasteiger partial charge < -0.3 is 53.2 Å². The van der Waals surface area contributed by atoms with Crippen molar-refractivity contribution in [1.29, 1.82) is 0 Å². The standard InChI is InChI=1S/C21H25F2N3O3.2C21H27F2N3O3.C20H25F2N3O3.C19H23F2N3O3.CH4/c1-20(22,23)14-6-2-12(3-7-14)10-16(13-4-5-13)17(27)24-11-21(15-8-9-15)18(28)25-19(29)26-21;1-12(2)16(10-13-4-6-14(7-5-13)20(3,22)23)17(27)24-11-21(15-8-9-15)18(28)25-19(29)26-21;1-3-4-14(11-13-5-7-15(8-6-13)20(2,22)23)17(27)24-12-21(16-9-10-16)18(28)25-19(29)26-21;1-18(2,10-12-4-6-13(7-5-12)19(3,21)22)15(26)23-11-20(14-8-9-14)16(27)24-17(28)25-20;1-11(9-12-3-5-13(6-4-12)18(2,20)21)15(25)22-10-19(14-7-8-14)16(26)23-17(27)24-19;/h2-3,6-7,13,15-16H,4-5,8-11H2,1H3,(H,24,27)(H2,25,26,28,29);4-7,12,15-16H,8-11H2,1-3H3,(H,24,27)(H2,25,26,28,29);5-8,14,16H,3-4,9-12H2,1-2H3,(H,24,27)(H2,25,26,28,29);4-7,14H,8-11H2,1-3H3,(H,23,26)(H2,24,25,27,28);3-6,11,14H,7-10H2,1-2H3,(H,22,25)(H2,23,24,26,27);1H4/t2*16-,21-;14-,21+;20-;11-,19+;/m00101./s1. The minimum Gasteiger partial charge on any atom is -0.353 e. The fourth-order valence-corrected chi connectivity index (χ4v) is 18.9. The molecule has 5 saturated heterocycles. The molecule has 143 heavy (non-hydrogen) atoms. The summed E-state index contributed by atoms with van der Waals surface area (Å²) in [4.78, 5) is 183. The summed E-state index contributed by atoms with van der Waals surface area (Å²) >= 11 is 0. The van der Waals surface area contributed by atoms with Gasteiger partial charge in [0.25, 0.3) is 59.1 Å². The van der Waals surface area contributed by atoms with Crippen LogP contribution in [0.25, 0.3) is 0 Å². The van der Waals surface area contributed by atoms with Gasteiger partial charge in [-0.25, -0.2) is 67.9 Å².